The first-order valence-corrected chi connectivity index (χ1v) is 12.1. The zero-order valence-electron chi connectivity index (χ0n) is 20.1. The first kappa shape index (κ1) is 22.8. The van der Waals surface area contributed by atoms with E-state index < -0.39 is 0 Å². The van der Waals surface area contributed by atoms with Crippen molar-refractivity contribution in [3.05, 3.63) is 88.5 Å². The van der Waals surface area contributed by atoms with E-state index in [1.165, 1.54) is 0 Å². The van der Waals surface area contributed by atoms with E-state index in [0.717, 1.165) is 47.5 Å². The molecule has 1 saturated carbocycles. The van der Waals surface area contributed by atoms with Crippen LogP contribution in [0.1, 0.15) is 37.6 Å². The number of amides is 1. The number of fused-ring (bicyclic) bond motifs is 1. The number of hydrogen-bond acceptors (Lipinski definition) is 4. The monoisotopic (exact) mass is 467 g/mol. The van der Waals surface area contributed by atoms with Gasteiger partial charge in [0.2, 0.25) is 5.91 Å². The Morgan fingerprint density at radius 1 is 1.06 bits per heavy atom. The molecule has 0 radical (unpaired) electrons. The number of benzene rings is 3. The summed E-state index contributed by atoms with van der Waals surface area (Å²) in [6.07, 6.45) is 3.48. The molecule has 35 heavy (non-hydrogen) atoms. The predicted octanol–water partition coefficient (Wildman–Crippen LogP) is 5.42. The lowest BCUT2D eigenvalue weighted by atomic mass is 10.0. The second kappa shape index (κ2) is 9.74. The third-order valence-corrected chi connectivity index (χ3v) is 6.42. The molecular weight excluding hydrogens is 438 g/mol. The number of ether oxygens (including phenoxy) is 1. The van der Waals surface area contributed by atoms with Crippen LogP contribution in [0.25, 0.3) is 22.0 Å². The minimum atomic E-state index is -0.0853. The molecule has 0 bridgehead atoms. The van der Waals surface area contributed by atoms with Crippen molar-refractivity contribution in [1.82, 2.24) is 9.55 Å². The molecule has 1 heterocycles. The highest BCUT2D eigenvalue weighted by Crippen LogP contribution is 2.30. The van der Waals surface area contributed by atoms with Gasteiger partial charge in [-0.25, -0.2) is 4.98 Å². The van der Waals surface area contributed by atoms with E-state index in [1.54, 1.807) is 17.7 Å². The van der Waals surface area contributed by atoms with Crippen LogP contribution in [0.15, 0.2) is 71.5 Å². The molecule has 0 saturated heterocycles. The van der Waals surface area contributed by atoms with Gasteiger partial charge in [0.05, 0.1) is 24.6 Å². The summed E-state index contributed by atoms with van der Waals surface area (Å²) < 4.78 is 7.10. The molecule has 4 aromatic rings. The maximum Gasteiger partial charge on any atom is 0.261 e. The maximum absolute atomic E-state index is 13.6. The van der Waals surface area contributed by atoms with Gasteiger partial charge in [-0.15, -0.1) is 0 Å². The highest BCUT2D eigenvalue weighted by Gasteiger charge is 2.29. The summed E-state index contributed by atoms with van der Waals surface area (Å²) in [5, 5.41) is 3.46. The number of methoxy groups -OCH3 is 1. The number of aryl methyl sites for hydroxylation is 1. The second-order valence-corrected chi connectivity index (χ2v) is 9.09. The number of nitrogens with one attached hydrogen (secondary N) is 1. The van der Waals surface area contributed by atoms with Crippen LogP contribution in [0.5, 0.6) is 5.75 Å². The van der Waals surface area contributed by atoms with Gasteiger partial charge < -0.3 is 10.1 Å². The van der Waals surface area contributed by atoms with Crippen molar-refractivity contribution in [2.45, 2.75) is 39.2 Å². The number of nitrogens with zero attached hydrogens (tertiary/aromatic N) is 2. The third-order valence-electron chi connectivity index (χ3n) is 6.42. The molecule has 1 N–H and O–H groups in total. The van der Waals surface area contributed by atoms with Crippen molar-refractivity contribution in [2.75, 3.05) is 12.4 Å². The summed E-state index contributed by atoms with van der Waals surface area (Å²) in [7, 11) is 1.66. The van der Waals surface area contributed by atoms with Crippen molar-refractivity contribution >= 4 is 22.5 Å². The average Bonchev–Trinajstić information content (AvgIpc) is 3.73. The number of carbonyl (C=O) groups excluding carboxylic acids is 1. The Kier molecular flexibility index (Phi) is 6.36. The lowest BCUT2D eigenvalue weighted by Crippen LogP contribution is -2.26. The van der Waals surface area contributed by atoms with Crippen molar-refractivity contribution in [3.8, 4) is 16.9 Å². The highest BCUT2D eigenvalue weighted by atomic mass is 16.5. The molecule has 0 aliphatic heterocycles. The van der Waals surface area contributed by atoms with Crippen LogP contribution >= 0.6 is 0 Å². The largest absolute Gasteiger partial charge is 0.497 e. The van der Waals surface area contributed by atoms with Crippen LogP contribution < -0.4 is 15.6 Å². The minimum absolute atomic E-state index is 0.0244. The Bertz CT molecular complexity index is 1440. The molecule has 1 amide bonds. The molecule has 1 aliphatic rings. The van der Waals surface area contributed by atoms with E-state index in [2.05, 4.69) is 24.4 Å². The summed E-state index contributed by atoms with van der Waals surface area (Å²) >= 11 is 0. The van der Waals surface area contributed by atoms with Crippen LogP contribution in [0.2, 0.25) is 0 Å². The summed E-state index contributed by atoms with van der Waals surface area (Å²) in [6.45, 7) is 2.52. The molecule has 0 atom stereocenters. The molecule has 178 valence electrons. The molecule has 6 nitrogen and oxygen atoms in total. The number of anilines is 1. The van der Waals surface area contributed by atoms with Gasteiger partial charge in [0.15, 0.2) is 0 Å². The Morgan fingerprint density at radius 2 is 1.86 bits per heavy atom. The molecule has 1 aromatic heterocycles. The Labute approximate surface area is 204 Å². The SMILES string of the molecule is CCCc1nc2ccc(NC(=O)C3CC3)cc2c(=O)n1Cc1ccc(-c2cccc(OC)c2)cc1. The Hall–Kier alpha value is -3.93. The molecule has 0 unspecified atom stereocenters. The van der Waals surface area contributed by atoms with E-state index in [0.29, 0.717) is 29.6 Å². The van der Waals surface area contributed by atoms with Gasteiger partial charge in [0.25, 0.3) is 5.56 Å². The van der Waals surface area contributed by atoms with Gasteiger partial charge in [0, 0.05) is 18.0 Å². The van der Waals surface area contributed by atoms with Gasteiger partial charge in [-0.2, -0.15) is 0 Å². The number of aromatic nitrogens is 2. The second-order valence-electron chi connectivity index (χ2n) is 9.09. The topological polar surface area (TPSA) is 73.2 Å². The fourth-order valence-corrected chi connectivity index (χ4v) is 4.30. The van der Waals surface area contributed by atoms with E-state index >= 15 is 0 Å². The fraction of sp³-hybridized carbons (Fsp3) is 0.276. The van der Waals surface area contributed by atoms with Gasteiger partial charge in [-0.05, 0) is 66.3 Å². The Morgan fingerprint density at radius 3 is 2.57 bits per heavy atom. The maximum atomic E-state index is 13.6. The van der Waals surface area contributed by atoms with Gasteiger partial charge in [-0.1, -0.05) is 43.3 Å². The number of carbonyl (C=O) groups is 1. The van der Waals surface area contributed by atoms with E-state index in [1.807, 2.05) is 48.5 Å². The minimum Gasteiger partial charge on any atom is -0.497 e. The highest BCUT2D eigenvalue weighted by molar-refractivity contribution is 5.96. The molecular formula is C29H29N3O3. The average molecular weight is 468 g/mol. The number of rotatable bonds is 8. The van der Waals surface area contributed by atoms with Crippen LogP contribution in [0, 0.1) is 5.92 Å². The third kappa shape index (κ3) is 4.97. The Balaban J connectivity index is 1.46. The van der Waals surface area contributed by atoms with Crippen molar-refractivity contribution in [3.63, 3.8) is 0 Å². The predicted molar refractivity (Wildman–Crippen MR) is 139 cm³/mol. The van der Waals surface area contributed by atoms with E-state index in [9.17, 15) is 9.59 Å². The van der Waals surface area contributed by atoms with Crippen molar-refractivity contribution in [1.29, 1.82) is 0 Å². The lowest BCUT2D eigenvalue weighted by molar-refractivity contribution is -0.117. The molecule has 1 fully saturated rings. The standard InChI is InChI=1S/C29H29N3O3/c1-3-5-27-31-26-15-14-23(30-28(33)21-12-13-21)17-25(26)29(34)32(27)18-19-8-10-20(11-9-19)22-6-4-7-24(16-22)35-2/h4,6-11,14-17,21H,3,5,12-13,18H2,1-2H3,(H,30,33). The molecule has 6 heteroatoms. The van der Waals surface area contributed by atoms with Gasteiger partial charge in [-0.3, -0.25) is 14.2 Å². The number of hydrogen-bond donors (Lipinski definition) is 1. The molecule has 5 rings (SSSR count). The molecule has 0 spiro atoms. The fourth-order valence-electron chi connectivity index (χ4n) is 4.30. The zero-order valence-corrected chi connectivity index (χ0v) is 20.1. The smallest absolute Gasteiger partial charge is 0.261 e. The normalized spacial score (nSPS) is 13.1. The van der Waals surface area contributed by atoms with Crippen LogP contribution in [0.4, 0.5) is 5.69 Å². The van der Waals surface area contributed by atoms with Gasteiger partial charge in [0.1, 0.15) is 11.6 Å². The van der Waals surface area contributed by atoms with Crippen LogP contribution in [0.3, 0.4) is 0 Å². The quantitative estimate of drug-likeness (QED) is 0.375. The first-order valence-electron chi connectivity index (χ1n) is 12.1. The summed E-state index contributed by atoms with van der Waals surface area (Å²) in [5.74, 6) is 1.72. The van der Waals surface area contributed by atoms with Crippen LogP contribution in [-0.2, 0) is 17.8 Å². The van der Waals surface area contributed by atoms with Crippen LogP contribution in [-0.4, -0.2) is 22.6 Å². The van der Waals surface area contributed by atoms with Crippen molar-refractivity contribution in [2.24, 2.45) is 5.92 Å². The lowest BCUT2D eigenvalue weighted by Gasteiger charge is -2.14. The summed E-state index contributed by atoms with van der Waals surface area (Å²) in [5.41, 5.74) is 4.40. The molecule has 1 aliphatic carbocycles. The first-order chi connectivity index (χ1) is 17.1. The molecule has 3 aromatic carbocycles. The summed E-state index contributed by atoms with van der Waals surface area (Å²) in [4.78, 5) is 30.6. The zero-order chi connectivity index (χ0) is 24.4. The van der Waals surface area contributed by atoms with Gasteiger partial charge >= 0.3 is 0 Å². The van der Waals surface area contributed by atoms with E-state index in [4.69, 9.17) is 9.72 Å². The summed E-state index contributed by atoms with van der Waals surface area (Å²) in [6, 6.07) is 21.6. The van der Waals surface area contributed by atoms with E-state index in [-0.39, 0.29) is 17.4 Å². The van der Waals surface area contributed by atoms with Crippen molar-refractivity contribution < 1.29 is 9.53 Å².